The van der Waals surface area contributed by atoms with Crippen LogP contribution in [0.5, 0.6) is 0 Å². The summed E-state index contributed by atoms with van der Waals surface area (Å²) in [6.45, 7) is 1.86. The number of rotatable bonds is 1. The monoisotopic (exact) mass is 266 g/mol. The highest BCUT2D eigenvalue weighted by Gasteiger charge is 2.15. The van der Waals surface area contributed by atoms with Crippen LogP contribution in [0.1, 0.15) is 5.56 Å². The first-order chi connectivity index (χ1) is 8.39. The Morgan fingerprint density at radius 3 is 2.06 bits per heavy atom. The smallest absolute Gasteiger partial charge is 0.356 e. The summed E-state index contributed by atoms with van der Waals surface area (Å²) in [5.74, 6) is 0.572. The molecule has 1 heterocycles. The van der Waals surface area contributed by atoms with Crippen molar-refractivity contribution in [2.75, 3.05) is 5.73 Å². The van der Waals surface area contributed by atoms with Crippen LogP contribution < -0.4 is 11.0 Å². The van der Waals surface area contributed by atoms with E-state index in [2.05, 4.69) is 4.98 Å². The fourth-order valence-electron chi connectivity index (χ4n) is 1.11. The first kappa shape index (κ1) is 14.4. The number of hydrogen-bond donors (Lipinski definition) is 3. The van der Waals surface area contributed by atoms with Crippen molar-refractivity contribution in [3.8, 4) is 0 Å². The first-order valence-electron chi connectivity index (χ1n) is 5.19. The third kappa shape index (κ3) is 5.10. The van der Waals surface area contributed by atoms with E-state index in [1.165, 1.54) is 12.1 Å². The van der Waals surface area contributed by atoms with Gasteiger partial charge in [0.1, 0.15) is 5.82 Å². The van der Waals surface area contributed by atoms with E-state index < -0.39 is 7.60 Å². The Kier molecular flexibility index (Phi) is 5.04. The number of anilines is 1. The molecule has 0 amide bonds. The molecule has 0 radical (unpaired) electrons. The molecule has 5 nitrogen and oxygen atoms in total. The van der Waals surface area contributed by atoms with Gasteiger partial charge >= 0.3 is 7.60 Å². The number of nitrogen functional groups attached to an aromatic ring is 1. The standard InChI is InChI=1S/C7H9O3P.C5H6N2/c1-6-2-4-7(5-3-6)11(8,9)10;6-5-3-1-2-4-7-5/h2-5H,1H3,(H2,8,9,10);1-4H,(H2,6,7). The van der Waals surface area contributed by atoms with Gasteiger partial charge in [-0.2, -0.15) is 0 Å². The van der Waals surface area contributed by atoms with Crippen LogP contribution in [-0.2, 0) is 4.57 Å². The van der Waals surface area contributed by atoms with Gasteiger partial charge in [-0.15, -0.1) is 0 Å². The number of aromatic nitrogens is 1. The molecular weight excluding hydrogens is 251 g/mol. The number of hydrogen-bond acceptors (Lipinski definition) is 3. The number of benzene rings is 1. The van der Waals surface area contributed by atoms with Gasteiger partial charge < -0.3 is 15.5 Å². The Morgan fingerprint density at radius 2 is 1.72 bits per heavy atom. The zero-order valence-electron chi connectivity index (χ0n) is 9.89. The van der Waals surface area contributed by atoms with E-state index in [9.17, 15) is 4.57 Å². The van der Waals surface area contributed by atoms with E-state index in [1.807, 2.05) is 19.1 Å². The maximum Gasteiger partial charge on any atom is 0.356 e. The van der Waals surface area contributed by atoms with Gasteiger partial charge in [-0.3, -0.25) is 4.57 Å². The van der Waals surface area contributed by atoms with Crippen molar-refractivity contribution in [1.82, 2.24) is 4.98 Å². The van der Waals surface area contributed by atoms with Crippen molar-refractivity contribution < 1.29 is 14.4 Å². The second kappa shape index (κ2) is 6.31. The van der Waals surface area contributed by atoms with Gasteiger partial charge in [0.25, 0.3) is 0 Å². The van der Waals surface area contributed by atoms with Gasteiger partial charge in [-0.25, -0.2) is 4.98 Å². The van der Waals surface area contributed by atoms with Crippen molar-refractivity contribution in [2.45, 2.75) is 6.92 Å². The van der Waals surface area contributed by atoms with Gasteiger partial charge in [0.15, 0.2) is 0 Å². The summed E-state index contributed by atoms with van der Waals surface area (Å²) in [7, 11) is -4.04. The predicted octanol–water partition coefficient (Wildman–Crippen LogP) is 1.46. The normalized spacial score (nSPS) is 10.4. The van der Waals surface area contributed by atoms with Crippen LogP contribution in [0.25, 0.3) is 0 Å². The van der Waals surface area contributed by atoms with Crippen LogP contribution in [0.15, 0.2) is 48.7 Å². The number of pyridine rings is 1. The SMILES string of the molecule is Cc1ccc(P(=O)(O)O)cc1.Nc1ccccn1. The van der Waals surface area contributed by atoms with E-state index in [-0.39, 0.29) is 5.30 Å². The molecule has 0 aliphatic heterocycles. The Hall–Kier alpha value is -1.68. The average Bonchev–Trinajstić information content (AvgIpc) is 2.30. The number of nitrogens with zero attached hydrogens (tertiary/aromatic N) is 1. The van der Waals surface area contributed by atoms with Crippen molar-refractivity contribution in [3.63, 3.8) is 0 Å². The quantitative estimate of drug-likeness (QED) is 0.679. The first-order valence-corrected chi connectivity index (χ1v) is 6.80. The lowest BCUT2D eigenvalue weighted by atomic mass is 10.2. The lowest BCUT2D eigenvalue weighted by Gasteiger charge is -2.02. The molecule has 1 aromatic heterocycles. The van der Waals surface area contributed by atoms with Crippen LogP contribution in [0.3, 0.4) is 0 Å². The summed E-state index contributed by atoms with van der Waals surface area (Å²) in [6, 6.07) is 11.7. The molecule has 0 aliphatic rings. The topological polar surface area (TPSA) is 96.4 Å². The van der Waals surface area contributed by atoms with E-state index in [4.69, 9.17) is 15.5 Å². The molecule has 0 fully saturated rings. The van der Waals surface area contributed by atoms with Crippen molar-refractivity contribution in [2.24, 2.45) is 0 Å². The second-order valence-corrected chi connectivity index (χ2v) is 5.24. The van der Waals surface area contributed by atoms with Crippen LogP contribution >= 0.6 is 7.60 Å². The van der Waals surface area contributed by atoms with Gasteiger partial charge in [0.2, 0.25) is 0 Å². The van der Waals surface area contributed by atoms with Crippen LogP contribution in [0.4, 0.5) is 5.82 Å². The minimum atomic E-state index is -4.04. The predicted molar refractivity (Wildman–Crippen MR) is 71.5 cm³/mol. The summed E-state index contributed by atoms with van der Waals surface area (Å²) in [4.78, 5) is 21.1. The minimum absolute atomic E-state index is 0.0723. The Morgan fingerprint density at radius 1 is 1.11 bits per heavy atom. The summed E-state index contributed by atoms with van der Waals surface area (Å²) in [5, 5.41) is 0.0723. The molecule has 2 aromatic rings. The molecule has 1 aromatic carbocycles. The van der Waals surface area contributed by atoms with E-state index in [0.29, 0.717) is 5.82 Å². The summed E-state index contributed by atoms with van der Waals surface area (Å²) >= 11 is 0. The highest BCUT2D eigenvalue weighted by atomic mass is 31.2. The second-order valence-electron chi connectivity index (χ2n) is 3.63. The fraction of sp³-hybridized carbons (Fsp3) is 0.0833. The molecular formula is C12H15N2O3P. The molecule has 0 spiro atoms. The van der Waals surface area contributed by atoms with Gasteiger partial charge in [-0.05, 0) is 31.2 Å². The molecule has 0 saturated heterocycles. The molecule has 6 heteroatoms. The van der Waals surface area contributed by atoms with Gasteiger partial charge in [-0.1, -0.05) is 23.8 Å². The summed E-state index contributed by atoms with van der Waals surface area (Å²) in [5.41, 5.74) is 6.23. The Labute approximate surface area is 105 Å². The molecule has 0 bridgehead atoms. The molecule has 0 saturated carbocycles. The molecule has 0 aliphatic carbocycles. The summed E-state index contributed by atoms with van der Waals surface area (Å²) in [6.07, 6.45) is 1.66. The van der Waals surface area contributed by atoms with Crippen LogP contribution in [0.2, 0.25) is 0 Å². The lowest BCUT2D eigenvalue weighted by Crippen LogP contribution is -2.02. The zero-order chi connectivity index (χ0) is 13.6. The van der Waals surface area contributed by atoms with Crippen molar-refractivity contribution in [3.05, 3.63) is 54.2 Å². The fourth-order valence-corrected chi connectivity index (χ4v) is 1.65. The molecule has 96 valence electrons. The Bertz CT molecular complexity index is 523. The van der Waals surface area contributed by atoms with Crippen LogP contribution in [-0.4, -0.2) is 14.8 Å². The van der Waals surface area contributed by atoms with Crippen LogP contribution in [0, 0.1) is 6.92 Å². The largest absolute Gasteiger partial charge is 0.384 e. The number of nitrogens with two attached hydrogens (primary N) is 1. The van der Waals surface area contributed by atoms with Gasteiger partial charge in [0.05, 0.1) is 5.30 Å². The lowest BCUT2D eigenvalue weighted by molar-refractivity contribution is 0.387. The van der Waals surface area contributed by atoms with Crippen molar-refractivity contribution >= 4 is 18.7 Å². The average molecular weight is 266 g/mol. The third-order valence-corrected chi connectivity index (χ3v) is 3.03. The van der Waals surface area contributed by atoms with E-state index in [1.54, 1.807) is 24.4 Å². The third-order valence-electron chi connectivity index (χ3n) is 2.06. The zero-order valence-corrected chi connectivity index (χ0v) is 10.8. The molecule has 2 rings (SSSR count). The molecule has 0 unspecified atom stereocenters. The molecule has 4 N–H and O–H groups in total. The molecule has 0 atom stereocenters. The highest BCUT2D eigenvalue weighted by Crippen LogP contribution is 2.32. The highest BCUT2D eigenvalue weighted by molar-refractivity contribution is 7.60. The minimum Gasteiger partial charge on any atom is -0.384 e. The van der Waals surface area contributed by atoms with E-state index >= 15 is 0 Å². The number of aryl methyl sites for hydroxylation is 1. The van der Waals surface area contributed by atoms with Crippen molar-refractivity contribution in [1.29, 1.82) is 0 Å². The van der Waals surface area contributed by atoms with Gasteiger partial charge in [0, 0.05) is 6.20 Å². The molecule has 18 heavy (non-hydrogen) atoms. The summed E-state index contributed by atoms with van der Waals surface area (Å²) < 4.78 is 10.6. The Balaban J connectivity index is 0.000000199. The maximum absolute atomic E-state index is 10.6. The van der Waals surface area contributed by atoms with E-state index in [0.717, 1.165) is 5.56 Å². The maximum atomic E-state index is 10.6.